The van der Waals surface area contributed by atoms with Gasteiger partial charge >= 0.3 is 0 Å². The first kappa shape index (κ1) is 20.8. The molecule has 0 spiro atoms. The fourth-order valence-corrected chi connectivity index (χ4v) is 7.97. The first-order chi connectivity index (χ1) is 12.1. The molecule has 0 aliphatic heterocycles. The van der Waals surface area contributed by atoms with Crippen LogP contribution >= 0.6 is 0 Å². The van der Waals surface area contributed by atoms with Gasteiger partial charge in [0.25, 0.3) is 8.32 Å². The molecule has 2 aromatic rings. The van der Waals surface area contributed by atoms with Crippen molar-refractivity contribution in [1.82, 2.24) is 0 Å². The molecule has 0 fully saturated rings. The van der Waals surface area contributed by atoms with E-state index in [0.717, 1.165) is 10.4 Å². The number of aliphatic hydroxyl groups excluding tert-OH is 2. The van der Waals surface area contributed by atoms with Crippen molar-refractivity contribution >= 4 is 18.7 Å². The Morgan fingerprint density at radius 3 is 1.65 bits per heavy atom. The smallest absolute Gasteiger partial charge is 0.261 e. The van der Waals surface area contributed by atoms with Gasteiger partial charge in [0, 0.05) is 0 Å². The normalized spacial score (nSPS) is 16.1. The van der Waals surface area contributed by atoms with E-state index in [4.69, 9.17) is 4.43 Å². The summed E-state index contributed by atoms with van der Waals surface area (Å²) in [6, 6.07) is 20.2. The third kappa shape index (κ3) is 4.08. The highest BCUT2D eigenvalue weighted by molar-refractivity contribution is 6.99. The Balaban J connectivity index is 2.58. The zero-order valence-electron chi connectivity index (χ0n) is 16.0. The summed E-state index contributed by atoms with van der Waals surface area (Å²) >= 11 is 0. The van der Waals surface area contributed by atoms with Gasteiger partial charge in [0.2, 0.25) is 0 Å². The molecule has 0 bridgehead atoms. The molecular formula is C21H30O4Si. The second kappa shape index (κ2) is 8.02. The van der Waals surface area contributed by atoms with Gasteiger partial charge in [-0.3, -0.25) is 0 Å². The van der Waals surface area contributed by atoms with Crippen LogP contribution in [-0.2, 0) is 4.43 Å². The number of hydrogen-bond acceptors (Lipinski definition) is 4. The molecule has 0 radical (unpaired) electrons. The lowest BCUT2D eigenvalue weighted by Crippen LogP contribution is -2.68. The Morgan fingerprint density at radius 1 is 0.885 bits per heavy atom. The summed E-state index contributed by atoms with van der Waals surface area (Å²) in [6.45, 7) is 7.36. The maximum atomic E-state index is 10.6. The van der Waals surface area contributed by atoms with Crippen molar-refractivity contribution in [2.75, 3.05) is 13.2 Å². The Bertz CT molecular complexity index is 641. The van der Waals surface area contributed by atoms with E-state index >= 15 is 0 Å². The second-order valence-corrected chi connectivity index (χ2v) is 12.3. The third-order valence-electron chi connectivity index (χ3n) is 4.89. The molecule has 4 nitrogen and oxygen atoms in total. The molecule has 0 saturated heterocycles. The lowest BCUT2D eigenvalue weighted by molar-refractivity contribution is -0.105. The SMILES string of the molecule is CC(O)(CO[Si](c1ccccc1)(c1ccccc1)C(C)(C)C)[C@@H](O)CO. The summed E-state index contributed by atoms with van der Waals surface area (Å²) in [7, 11) is -2.77. The van der Waals surface area contributed by atoms with Crippen LogP contribution in [0, 0.1) is 0 Å². The standard InChI is InChI=1S/C21H30O4Si/c1-20(2,3)26(17-11-7-5-8-12-17,18-13-9-6-10-14-18)25-16-21(4,24)19(23)15-22/h5-14,19,22-24H,15-16H2,1-4H3/t19-,21?/m0/s1. The molecule has 3 N–H and O–H groups in total. The Hall–Kier alpha value is -1.50. The van der Waals surface area contributed by atoms with Gasteiger partial charge in [0.15, 0.2) is 0 Å². The van der Waals surface area contributed by atoms with Crippen molar-refractivity contribution in [3.63, 3.8) is 0 Å². The highest BCUT2D eigenvalue weighted by Gasteiger charge is 2.51. The summed E-state index contributed by atoms with van der Waals surface area (Å²) in [5.41, 5.74) is -1.54. The van der Waals surface area contributed by atoms with Crippen LogP contribution in [0.15, 0.2) is 60.7 Å². The Kier molecular flexibility index (Phi) is 6.42. The monoisotopic (exact) mass is 374 g/mol. The van der Waals surface area contributed by atoms with Crippen LogP contribution in [-0.4, -0.2) is 48.6 Å². The minimum Gasteiger partial charge on any atom is -0.404 e. The van der Waals surface area contributed by atoms with Crippen LogP contribution in [0.5, 0.6) is 0 Å². The lowest BCUT2D eigenvalue weighted by atomic mass is 10.0. The van der Waals surface area contributed by atoms with E-state index in [-0.39, 0.29) is 11.6 Å². The molecule has 26 heavy (non-hydrogen) atoms. The number of rotatable bonds is 7. The minimum absolute atomic E-state index is 0.0675. The molecule has 0 aromatic heterocycles. The van der Waals surface area contributed by atoms with Gasteiger partial charge in [-0.25, -0.2) is 0 Å². The van der Waals surface area contributed by atoms with E-state index in [1.807, 2.05) is 36.4 Å². The van der Waals surface area contributed by atoms with Crippen molar-refractivity contribution in [1.29, 1.82) is 0 Å². The molecule has 0 saturated carbocycles. The summed E-state index contributed by atoms with van der Waals surface area (Å²) in [6.07, 6.45) is -1.26. The summed E-state index contributed by atoms with van der Waals surface area (Å²) in [5, 5.41) is 31.8. The summed E-state index contributed by atoms with van der Waals surface area (Å²) < 4.78 is 6.57. The van der Waals surface area contributed by atoms with Gasteiger partial charge in [-0.2, -0.15) is 0 Å². The van der Waals surface area contributed by atoms with E-state index in [9.17, 15) is 15.3 Å². The molecule has 1 unspecified atom stereocenters. The predicted molar refractivity (Wildman–Crippen MR) is 107 cm³/mol. The number of benzene rings is 2. The topological polar surface area (TPSA) is 69.9 Å². The predicted octanol–water partition coefficient (Wildman–Crippen LogP) is 1.67. The van der Waals surface area contributed by atoms with Crippen molar-refractivity contribution in [2.24, 2.45) is 0 Å². The average Bonchev–Trinajstić information content (AvgIpc) is 2.62. The van der Waals surface area contributed by atoms with E-state index in [0.29, 0.717) is 0 Å². The number of aliphatic hydroxyl groups is 3. The minimum atomic E-state index is -2.77. The molecule has 0 aliphatic rings. The van der Waals surface area contributed by atoms with Gasteiger partial charge in [-0.05, 0) is 22.3 Å². The summed E-state index contributed by atoms with van der Waals surface area (Å²) in [4.78, 5) is 0. The van der Waals surface area contributed by atoms with E-state index in [1.54, 1.807) is 0 Å². The molecule has 0 aliphatic carbocycles. The van der Waals surface area contributed by atoms with Crippen LogP contribution in [0.4, 0.5) is 0 Å². The van der Waals surface area contributed by atoms with E-state index < -0.39 is 26.6 Å². The van der Waals surface area contributed by atoms with Crippen LogP contribution in [0.2, 0.25) is 5.04 Å². The Labute approximate surface area is 157 Å². The average molecular weight is 375 g/mol. The van der Waals surface area contributed by atoms with Crippen LogP contribution < -0.4 is 10.4 Å². The largest absolute Gasteiger partial charge is 0.404 e. The highest BCUT2D eigenvalue weighted by Crippen LogP contribution is 2.37. The van der Waals surface area contributed by atoms with E-state index in [2.05, 4.69) is 45.0 Å². The van der Waals surface area contributed by atoms with Crippen LogP contribution in [0.1, 0.15) is 27.7 Å². The van der Waals surface area contributed by atoms with Gasteiger partial charge in [0.1, 0.15) is 11.7 Å². The van der Waals surface area contributed by atoms with Crippen molar-refractivity contribution in [3.05, 3.63) is 60.7 Å². The second-order valence-electron chi connectivity index (χ2n) is 8.01. The van der Waals surface area contributed by atoms with Gasteiger partial charge in [0.05, 0.1) is 13.2 Å². The van der Waals surface area contributed by atoms with Crippen molar-refractivity contribution in [3.8, 4) is 0 Å². The van der Waals surface area contributed by atoms with Crippen molar-refractivity contribution in [2.45, 2.75) is 44.4 Å². The molecule has 5 heteroatoms. The zero-order chi connectivity index (χ0) is 19.4. The molecule has 2 atom stereocenters. The third-order valence-corrected chi connectivity index (χ3v) is 9.87. The maximum Gasteiger partial charge on any atom is 0.261 e. The molecular weight excluding hydrogens is 344 g/mol. The zero-order valence-corrected chi connectivity index (χ0v) is 17.0. The van der Waals surface area contributed by atoms with Gasteiger partial charge < -0.3 is 19.7 Å². The first-order valence-corrected chi connectivity index (χ1v) is 10.8. The fourth-order valence-electron chi connectivity index (χ4n) is 3.31. The lowest BCUT2D eigenvalue weighted by Gasteiger charge is -2.44. The molecule has 2 rings (SSSR count). The van der Waals surface area contributed by atoms with Crippen LogP contribution in [0.3, 0.4) is 0 Å². The maximum absolute atomic E-state index is 10.6. The Morgan fingerprint density at radius 2 is 1.31 bits per heavy atom. The highest BCUT2D eigenvalue weighted by atomic mass is 28.4. The molecule has 142 valence electrons. The first-order valence-electron chi connectivity index (χ1n) is 8.91. The number of hydrogen-bond donors (Lipinski definition) is 3. The van der Waals surface area contributed by atoms with Crippen LogP contribution in [0.25, 0.3) is 0 Å². The molecule has 0 amide bonds. The van der Waals surface area contributed by atoms with Gasteiger partial charge in [-0.1, -0.05) is 81.4 Å². The quantitative estimate of drug-likeness (QED) is 0.645. The van der Waals surface area contributed by atoms with Gasteiger partial charge in [-0.15, -0.1) is 0 Å². The molecule has 2 aromatic carbocycles. The molecule has 0 heterocycles. The summed E-state index contributed by atoms with van der Waals surface area (Å²) in [5.74, 6) is 0. The fraction of sp³-hybridized carbons (Fsp3) is 0.429. The van der Waals surface area contributed by atoms with E-state index in [1.165, 1.54) is 6.92 Å². The van der Waals surface area contributed by atoms with Crippen molar-refractivity contribution < 1.29 is 19.7 Å².